The number of hydrogen-bond donors (Lipinski definition) is 1. The first kappa shape index (κ1) is 17.8. The van der Waals surface area contributed by atoms with Crippen molar-refractivity contribution in [3.63, 3.8) is 0 Å². The molecule has 5 rings (SSSR count). The van der Waals surface area contributed by atoms with Crippen molar-refractivity contribution >= 4 is 44.6 Å². The van der Waals surface area contributed by atoms with Crippen LogP contribution in [0, 0.1) is 6.92 Å². The third-order valence-corrected chi connectivity index (χ3v) is 6.21. The van der Waals surface area contributed by atoms with E-state index in [1.165, 1.54) is 27.2 Å². The van der Waals surface area contributed by atoms with Gasteiger partial charge in [-0.25, -0.2) is 9.78 Å². The first-order valence-corrected chi connectivity index (χ1v) is 10.4. The van der Waals surface area contributed by atoms with Gasteiger partial charge in [0.25, 0.3) is 0 Å². The number of nitrogens with zero attached hydrogens (tertiary/aromatic N) is 3. The molecule has 0 saturated carbocycles. The van der Waals surface area contributed by atoms with Gasteiger partial charge in [-0.1, -0.05) is 6.07 Å². The van der Waals surface area contributed by atoms with Crippen molar-refractivity contribution in [2.45, 2.75) is 13.5 Å². The van der Waals surface area contributed by atoms with E-state index in [9.17, 15) is 9.59 Å². The summed E-state index contributed by atoms with van der Waals surface area (Å²) in [7, 11) is 0. The lowest BCUT2D eigenvalue weighted by molar-refractivity contribution is -0.116. The van der Waals surface area contributed by atoms with Crippen molar-refractivity contribution in [3.05, 3.63) is 51.2 Å². The number of amides is 1. The summed E-state index contributed by atoms with van der Waals surface area (Å²) in [5, 5.41) is 5.51. The van der Waals surface area contributed by atoms with Crippen LogP contribution in [0.4, 0.5) is 5.69 Å². The number of carbonyl (C=O) groups is 1. The second kappa shape index (κ2) is 6.98. The Kier molecular flexibility index (Phi) is 4.29. The maximum atomic E-state index is 12.7. The van der Waals surface area contributed by atoms with Gasteiger partial charge in [0, 0.05) is 11.8 Å². The molecule has 0 fully saturated rings. The maximum absolute atomic E-state index is 12.7. The lowest BCUT2D eigenvalue weighted by Gasteiger charge is -2.09. The minimum atomic E-state index is -0.481. The highest BCUT2D eigenvalue weighted by molar-refractivity contribution is 7.18. The number of thiazole rings is 1. The minimum absolute atomic E-state index is 0.160. The molecule has 1 amide bonds. The quantitative estimate of drug-likeness (QED) is 0.538. The highest BCUT2D eigenvalue weighted by Gasteiger charge is 2.19. The molecule has 3 aromatic heterocycles. The molecule has 1 aliphatic heterocycles. The molecule has 1 aliphatic rings. The minimum Gasteiger partial charge on any atom is -0.454 e. The average molecular weight is 426 g/mol. The molecular weight excluding hydrogens is 412 g/mol. The molecule has 29 heavy (non-hydrogen) atoms. The molecule has 4 heterocycles. The van der Waals surface area contributed by atoms with E-state index in [1.54, 1.807) is 18.2 Å². The van der Waals surface area contributed by atoms with Gasteiger partial charge in [-0.05, 0) is 30.5 Å². The smallest absolute Gasteiger partial charge is 0.349 e. The third kappa shape index (κ3) is 3.26. The van der Waals surface area contributed by atoms with Crippen molar-refractivity contribution in [3.8, 4) is 22.1 Å². The topological polar surface area (TPSA) is 95.3 Å². The molecular formula is C19H14N4O4S2. The number of rotatable bonds is 4. The molecule has 0 spiro atoms. The van der Waals surface area contributed by atoms with Crippen LogP contribution in [-0.2, 0) is 11.3 Å². The Balaban J connectivity index is 1.47. The monoisotopic (exact) mass is 426 g/mol. The number of hydrogen-bond acceptors (Lipinski definition) is 8. The number of nitrogens with one attached hydrogen (secondary N) is 1. The van der Waals surface area contributed by atoms with E-state index in [1.807, 2.05) is 24.4 Å². The van der Waals surface area contributed by atoms with E-state index in [0.29, 0.717) is 33.2 Å². The van der Waals surface area contributed by atoms with Crippen molar-refractivity contribution in [1.29, 1.82) is 0 Å². The number of fused-ring (bicyclic) bond motifs is 2. The average Bonchev–Trinajstić information content (AvgIpc) is 3.43. The SMILES string of the molecule is Cc1nc2c(-c3cccs3)nc(=O)n(CC(=O)Nc3ccc4c(c3)OCO4)c2s1. The molecule has 0 atom stereocenters. The number of aryl methyl sites for hydroxylation is 1. The fourth-order valence-electron chi connectivity index (χ4n) is 3.09. The lowest BCUT2D eigenvalue weighted by atomic mass is 10.2. The molecule has 0 aliphatic carbocycles. The van der Waals surface area contributed by atoms with Gasteiger partial charge in [0.1, 0.15) is 22.6 Å². The molecule has 1 aromatic carbocycles. The number of aromatic nitrogens is 3. The summed E-state index contributed by atoms with van der Waals surface area (Å²) in [6.45, 7) is 1.86. The second-order valence-corrected chi connectivity index (χ2v) is 8.44. The van der Waals surface area contributed by atoms with Gasteiger partial charge in [0.15, 0.2) is 11.5 Å². The molecule has 10 heteroatoms. The first-order chi connectivity index (χ1) is 14.1. The molecule has 0 saturated heterocycles. The number of anilines is 1. The van der Waals surface area contributed by atoms with Gasteiger partial charge in [-0.3, -0.25) is 9.36 Å². The van der Waals surface area contributed by atoms with Gasteiger partial charge in [0.2, 0.25) is 12.7 Å². The third-order valence-electron chi connectivity index (χ3n) is 4.34. The zero-order valence-corrected chi connectivity index (χ0v) is 16.8. The van der Waals surface area contributed by atoms with Crippen LogP contribution in [0.2, 0.25) is 0 Å². The van der Waals surface area contributed by atoms with E-state index in [4.69, 9.17) is 9.47 Å². The van der Waals surface area contributed by atoms with Crippen molar-refractivity contribution in [1.82, 2.24) is 14.5 Å². The summed E-state index contributed by atoms with van der Waals surface area (Å²) in [5.74, 6) is 0.862. The van der Waals surface area contributed by atoms with Crippen LogP contribution in [-0.4, -0.2) is 27.2 Å². The van der Waals surface area contributed by atoms with Gasteiger partial charge in [-0.15, -0.1) is 22.7 Å². The first-order valence-electron chi connectivity index (χ1n) is 8.70. The van der Waals surface area contributed by atoms with Gasteiger partial charge >= 0.3 is 5.69 Å². The lowest BCUT2D eigenvalue weighted by Crippen LogP contribution is -2.29. The van der Waals surface area contributed by atoms with E-state index in [-0.39, 0.29) is 19.2 Å². The molecule has 0 unspecified atom stereocenters. The maximum Gasteiger partial charge on any atom is 0.349 e. The fourth-order valence-corrected chi connectivity index (χ4v) is 4.72. The summed E-state index contributed by atoms with van der Waals surface area (Å²) in [6.07, 6.45) is 0. The van der Waals surface area contributed by atoms with Crippen LogP contribution in [0.15, 0.2) is 40.5 Å². The van der Waals surface area contributed by atoms with E-state index < -0.39 is 5.69 Å². The molecule has 4 aromatic rings. The van der Waals surface area contributed by atoms with Crippen LogP contribution in [0.25, 0.3) is 20.9 Å². The van der Waals surface area contributed by atoms with Crippen molar-refractivity contribution in [2.24, 2.45) is 0 Å². The predicted octanol–water partition coefficient (Wildman–Crippen LogP) is 3.26. The molecule has 0 radical (unpaired) electrons. The number of thiophene rings is 1. The van der Waals surface area contributed by atoms with E-state index in [2.05, 4.69) is 15.3 Å². The van der Waals surface area contributed by atoms with Crippen LogP contribution < -0.4 is 20.5 Å². The second-order valence-electron chi connectivity index (χ2n) is 6.31. The van der Waals surface area contributed by atoms with Gasteiger partial charge in [0.05, 0.1) is 9.88 Å². The Morgan fingerprint density at radius 1 is 1.24 bits per heavy atom. The Morgan fingerprint density at radius 3 is 2.93 bits per heavy atom. The normalized spacial score (nSPS) is 12.4. The van der Waals surface area contributed by atoms with Crippen LogP contribution in [0.1, 0.15) is 5.01 Å². The standard InChI is InChI=1S/C19H14N4O4S2/c1-10-20-17-16(14-3-2-6-28-14)22-19(25)23(18(17)29-10)8-15(24)21-11-4-5-12-13(7-11)27-9-26-12/h2-7H,8-9H2,1H3,(H,21,24). The zero-order chi connectivity index (χ0) is 20.0. The number of carbonyl (C=O) groups excluding carboxylic acids is 1. The molecule has 8 nitrogen and oxygen atoms in total. The van der Waals surface area contributed by atoms with Crippen LogP contribution >= 0.6 is 22.7 Å². The van der Waals surface area contributed by atoms with E-state index in [0.717, 1.165) is 9.88 Å². The zero-order valence-electron chi connectivity index (χ0n) is 15.2. The Bertz CT molecular complexity index is 1290. The Morgan fingerprint density at radius 2 is 2.10 bits per heavy atom. The van der Waals surface area contributed by atoms with E-state index >= 15 is 0 Å². The van der Waals surface area contributed by atoms with Crippen molar-refractivity contribution in [2.75, 3.05) is 12.1 Å². The summed E-state index contributed by atoms with van der Waals surface area (Å²) >= 11 is 2.86. The van der Waals surface area contributed by atoms with Crippen LogP contribution in [0.5, 0.6) is 11.5 Å². The Labute approximate surface area is 172 Å². The largest absolute Gasteiger partial charge is 0.454 e. The highest BCUT2D eigenvalue weighted by Crippen LogP contribution is 2.34. The van der Waals surface area contributed by atoms with Gasteiger partial charge in [-0.2, -0.15) is 4.98 Å². The predicted molar refractivity (Wildman–Crippen MR) is 111 cm³/mol. The van der Waals surface area contributed by atoms with Gasteiger partial charge < -0.3 is 14.8 Å². The summed E-state index contributed by atoms with van der Waals surface area (Å²) < 4.78 is 12.0. The highest BCUT2D eigenvalue weighted by atomic mass is 32.1. The number of ether oxygens (including phenoxy) is 2. The summed E-state index contributed by atoms with van der Waals surface area (Å²) in [6, 6.07) is 8.94. The molecule has 0 bridgehead atoms. The fraction of sp³-hybridized carbons (Fsp3) is 0.158. The van der Waals surface area contributed by atoms with Crippen molar-refractivity contribution < 1.29 is 14.3 Å². The Hall–Kier alpha value is -3.24. The summed E-state index contributed by atoms with van der Waals surface area (Å²) in [5.41, 5.74) is 1.26. The summed E-state index contributed by atoms with van der Waals surface area (Å²) in [4.78, 5) is 35.6. The number of benzene rings is 1. The molecule has 1 N–H and O–H groups in total. The van der Waals surface area contributed by atoms with Crippen LogP contribution in [0.3, 0.4) is 0 Å². The molecule has 146 valence electrons.